The van der Waals surface area contributed by atoms with Crippen molar-refractivity contribution in [3.05, 3.63) is 180 Å². The molecule has 0 fully saturated rings. The summed E-state index contributed by atoms with van der Waals surface area (Å²) in [6.45, 7) is 0. The second-order valence-corrected chi connectivity index (χ2v) is 10.3. The number of anilines is 3. The van der Waals surface area contributed by atoms with Crippen LogP contribution >= 0.6 is 0 Å². The zero-order valence-electron chi connectivity index (χ0n) is 22.0. The van der Waals surface area contributed by atoms with Gasteiger partial charge in [-0.15, -0.1) is 0 Å². The Hall–Kier alpha value is -4.82. The lowest BCUT2D eigenvalue weighted by Crippen LogP contribution is -2.28. The van der Waals surface area contributed by atoms with Gasteiger partial charge in [0.05, 0.1) is 5.41 Å². The van der Waals surface area contributed by atoms with Crippen LogP contribution in [0.15, 0.2) is 158 Å². The highest BCUT2D eigenvalue weighted by atomic mass is 15.1. The summed E-state index contributed by atoms with van der Waals surface area (Å²) in [7, 11) is 2.14. The molecule has 0 amide bonds. The lowest BCUT2D eigenvalue weighted by atomic mass is 9.67. The topological polar surface area (TPSA) is 3.24 Å². The highest BCUT2D eigenvalue weighted by Gasteiger charge is 2.46. The van der Waals surface area contributed by atoms with Crippen LogP contribution in [-0.4, -0.2) is 7.85 Å². The molecule has 39 heavy (non-hydrogen) atoms. The zero-order chi connectivity index (χ0) is 26.2. The number of nitrogens with zero attached hydrogens (tertiary/aromatic N) is 1. The molecular formula is C37H28BN. The van der Waals surface area contributed by atoms with Crippen LogP contribution in [0.25, 0.3) is 11.1 Å². The second kappa shape index (κ2) is 9.49. The van der Waals surface area contributed by atoms with Crippen molar-refractivity contribution in [1.29, 1.82) is 0 Å². The van der Waals surface area contributed by atoms with Gasteiger partial charge in [0.2, 0.25) is 0 Å². The molecule has 6 aromatic rings. The fraction of sp³-hybridized carbons (Fsp3) is 0.0270. The van der Waals surface area contributed by atoms with Gasteiger partial charge in [0, 0.05) is 17.1 Å². The molecule has 6 aromatic carbocycles. The normalized spacial score (nSPS) is 12.9. The molecule has 0 radical (unpaired) electrons. The van der Waals surface area contributed by atoms with Gasteiger partial charge in [0.25, 0.3) is 0 Å². The molecule has 0 bridgehead atoms. The Bertz CT molecular complexity index is 1700. The number of hydrogen-bond donors (Lipinski definition) is 0. The van der Waals surface area contributed by atoms with E-state index in [9.17, 15) is 0 Å². The predicted octanol–water partition coefficient (Wildman–Crippen LogP) is 7.78. The highest BCUT2D eigenvalue weighted by molar-refractivity contribution is 6.32. The largest absolute Gasteiger partial charge is 0.310 e. The molecule has 0 saturated carbocycles. The minimum absolute atomic E-state index is 0.417. The molecule has 0 saturated heterocycles. The molecule has 0 aliphatic heterocycles. The van der Waals surface area contributed by atoms with Gasteiger partial charge in [-0.1, -0.05) is 127 Å². The minimum Gasteiger partial charge on any atom is -0.310 e. The van der Waals surface area contributed by atoms with Crippen molar-refractivity contribution in [2.45, 2.75) is 5.41 Å². The second-order valence-electron chi connectivity index (χ2n) is 10.3. The summed E-state index contributed by atoms with van der Waals surface area (Å²) in [6.07, 6.45) is 0. The van der Waals surface area contributed by atoms with Crippen molar-refractivity contribution in [1.82, 2.24) is 0 Å². The van der Waals surface area contributed by atoms with E-state index < -0.39 is 5.41 Å². The van der Waals surface area contributed by atoms with E-state index in [2.05, 4.69) is 170 Å². The SMILES string of the molecule is Bc1ccc(N(c2ccccc2)c2ccc3c(c2)C(c2ccccc2)(c2ccccc2)c2ccccc2-3)cc1. The first kappa shape index (κ1) is 23.3. The summed E-state index contributed by atoms with van der Waals surface area (Å²) in [4.78, 5) is 2.36. The summed E-state index contributed by atoms with van der Waals surface area (Å²) in [5, 5.41) is 0. The fourth-order valence-corrected chi connectivity index (χ4v) is 6.29. The molecule has 0 N–H and O–H groups in total. The Morgan fingerprint density at radius 2 is 0.897 bits per heavy atom. The van der Waals surface area contributed by atoms with E-state index in [-0.39, 0.29) is 0 Å². The van der Waals surface area contributed by atoms with Crippen LogP contribution in [0.5, 0.6) is 0 Å². The predicted molar refractivity (Wildman–Crippen MR) is 167 cm³/mol. The van der Waals surface area contributed by atoms with Gasteiger partial charge >= 0.3 is 0 Å². The number of para-hydroxylation sites is 1. The van der Waals surface area contributed by atoms with Crippen LogP contribution in [0, 0.1) is 0 Å². The average molecular weight is 497 g/mol. The Kier molecular flexibility index (Phi) is 5.67. The van der Waals surface area contributed by atoms with Crippen LogP contribution in [0.1, 0.15) is 22.3 Å². The Morgan fingerprint density at radius 3 is 1.54 bits per heavy atom. The number of benzene rings is 6. The lowest BCUT2D eigenvalue weighted by molar-refractivity contribution is 0.768. The van der Waals surface area contributed by atoms with Crippen molar-refractivity contribution in [3.63, 3.8) is 0 Å². The third kappa shape index (κ3) is 3.72. The van der Waals surface area contributed by atoms with Gasteiger partial charge in [-0.25, -0.2) is 0 Å². The van der Waals surface area contributed by atoms with Crippen LogP contribution in [-0.2, 0) is 5.41 Å². The maximum Gasteiger partial charge on any atom is 0.139 e. The van der Waals surface area contributed by atoms with Crippen molar-refractivity contribution in [2.24, 2.45) is 0 Å². The van der Waals surface area contributed by atoms with E-state index >= 15 is 0 Å². The summed E-state index contributed by atoms with van der Waals surface area (Å²) < 4.78 is 0. The quantitative estimate of drug-likeness (QED) is 0.220. The molecule has 184 valence electrons. The van der Waals surface area contributed by atoms with E-state index in [0.717, 1.165) is 17.1 Å². The van der Waals surface area contributed by atoms with E-state index in [1.807, 2.05) is 0 Å². The molecule has 0 atom stereocenters. The van der Waals surface area contributed by atoms with Crippen LogP contribution < -0.4 is 10.4 Å². The smallest absolute Gasteiger partial charge is 0.139 e. The molecule has 0 spiro atoms. The molecule has 1 aliphatic carbocycles. The fourth-order valence-electron chi connectivity index (χ4n) is 6.29. The molecule has 0 unspecified atom stereocenters. The number of fused-ring (bicyclic) bond motifs is 3. The summed E-state index contributed by atoms with van der Waals surface area (Å²) in [6, 6.07) is 57.4. The van der Waals surface area contributed by atoms with Gasteiger partial charge in [0.1, 0.15) is 7.85 Å². The van der Waals surface area contributed by atoms with E-state index in [1.165, 1.54) is 38.8 Å². The van der Waals surface area contributed by atoms with E-state index in [0.29, 0.717) is 0 Å². The summed E-state index contributed by atoms with van der Waals surface area (Å²) in [5.41, 5.74) is 12.1. The molecule has 0 heterocycles. The maximum absolute atomic E-state index is 2.42. The first-order valence-corrected chi connectivity index (χ1v) is 13.5. The number of hydrogen-bond acceptors (Lipinski definition) is 1. The van der Waals surface area contributed by atoms with Crippen molar-refractivity contribution in [2.75, 3.05) is 4.90 Å². The van der Waals surface area contributed by atoms with Crippen LogP contribution in [0.2, 0.25) is 0 Å². The average Bonchev–Trinajstić information content (AvgIpc) is 3.30. The van der Waals surface area contributed by atoms with Crippen LogP contribution in [0.3, 0.4) is 0 Å². The first-order chi connectivity index (χ1) is 19.3. The molecular weight excluding hydrogens is 469 g/mol. The van der Waals surface area contributed by atoms with Gasteiger partial charge in [-0.05, 0) is 69.8 Å². The maximum atomic E-state index is 2.42. The van der Waals surface area contributed by atoms with Crippen molar-refractivity contribution >= 4 is 30.4 Å². The Labute approximate surface area is 231 Å². The zero-order valence-corrected chi connectivity index (χ0v) is 22.0. The molecule has 7 rings (SSSR count). The highest BCUT2D eigenvalue weighted by Crippen LogP contribution is 2.57. The monoisotopic (exact) mass is 497 g/mol. The van der Waals surface area contributed by atoms with Gasteiger partial charge in [-0.3, -0.25) is 0 Å². The van der Waals surface area contributed by atoms with Crippen LogP contribution in [0.4, 0.5) is 17.1 Å². The van der Waals surface area contributed by atoms with Gasteiger partial charge < -0.3 is 4.90 Å². The molecule has 1 aliphatic rings. The van der Waals surface area contributed by atoms with E-state index in [1.54, 1.807) is 0 Å². The van der Waals surface area contributed by atoms with Crippen molar-refractivity contribution < 1.29 is 0 Å². The van der Waals surface area contributed by atoms with Gasteiger partial charge in [0.15, 0.2) is 0 Å². The number of rotatable bonds is 5. The molecule has 2 heteroatoms. The Morgan fingerprint density at radius 1 is 0.410 bits per heavy atom. The molecule has 1 nitrogen and oxygen atoms in total. The Balaban J connectivity index is 1.54. The van der Waals surface area contributed by atoms with Crippen molar-refractivity contribution in [3.8, 4) is 11.1 Å². The third-order valence-electron chi connectivity index (χ3n) is 8.01. The van der Waals surface area contributed by atoms with Gasteiger partial charge in [-0.2, -0.15) is 0 Å². The third-order valence-corrected chi connectivity index (χ3v) is 8.01. The lowest BCUT2D eigenvalue weighted by Gasteiger charge is -2.35. The van der Waals surface area contributed by atoms with E-state index in [4.69, 9.17) is 0 Å². The summed E-state index contributed by atoms with van der Waals surface area (Å²) >= 11 is 0. The first-order valence-electron chi connectivity index (χ1n) is 13.5. The standard InChI is InChI=1S/C37H28BN/c38-29-20-22-31(23-21-29)39(30-16-8-3-9-17-30)32-24-25-34-33-18-10-11-19-35(33)37(36(34)26-32,27-12-4-1-5-13-27)28-14-6-2-7-15-28/h1-26H,38H2. The minimum atomic E-state index is -0.417. The summed E-state index contributed by atoms with van der Waals surface area (Å²) in [5.74, 6) is 0. The molecule has 0 aromatic heterocycles.